The Morgan fingerprint density at radius 3 is 2.43 bits per heavy atom. The number of benzene rings is 2. The van der Waals surface area contributed by atoms with Gasteiger partial charge in [-0.3, -0.25) is 4.57 Å². The smallest absolute Gasteiger partial charge is 0.422 e. The first-order chi connectivity index (χ1) is 16.1. The highest BCUT2D eigenvalue weighted by molar-refractivity contribution is 6.31. The topological polar surface area (TPSA) is 90.9 Å². The number of fused-ring (bicyclic) bond motifs is 1. The standard InChI is InChI=1S/C24H25ClF3NO6/c1-6-33-20(30)22(3,4)35-15-8-9-16(17(25)12-15)13(2)23(32,24(26,27)28)14-7-10-19-18(11-14)29(5)21(31)34-19/h7-13,32H,6H2,1-5H3/t13-,23-/m1/s1. The van der Waals surface area contributed by atoms with Crippen LogP contribution in [0.3, 0.4) is 0 Å². The van der Waals surface area contributed by atoms with E-state index < -0.39 is 40.6 Å². The van der Waals surface area contributed by atoms with Crippen molar-refractivity contribution in [1.29, 1.82) is 0 Å². The first kappa shape index (κ1) is 26.6. The number of nitrogens with zero attached hydrogens (tertiary/aromatic N) is 1. The van der Waals surface area contributed by atoms with Crippen molar-refractivity contribution in [2.45, 2.75) is 51.0 Å². The van der Waals surface area contributed by atoms with Gasteiger partial charge in [-0.1, -0.05) is 30.7 Å². The predicted octanol–water partition coefficient (Wildman–Crippen LogP) is 5.06. The zero-order valence-corrected chi connectivity index (χ0v) is 20.5. The fourth-order valence-electron chi connectivity index (χ4n) is 3.81. The summed E-state index contributed by atoms with van der Waals surface area (Å²) in [6.45, 7) is 5.95. The van der Waals surface area contributed by atoms with Gasteiger partial charge in [0.25, 0.3) is 0 Å². The van der Waals surface area contributed by atoms with Crippen LogP contribution in [0.5, 0.6) is 5.75 Å². The summed E-state index contributed by atoms with van der Waals surface area (Å²) >= 11 is 6.33. The molecule has 35 heavy (non-hydrogen) atoms. The third-order valence-electron chi connectivity index (χ3n) is 5.87. The number of rotatable bonds is 7. The number of esters is 1. The quantitative estimate of drug-likeness (QED) is 0.442. The maximum absolute atomic E-state index is 14.4. The molecule has 0 spiro atoms. The van der Waals surface area contributed by atoms with Crippen LogP contribution in [0.1, 0.15) is 44.7 Å². The van der Waals surface area contributed by atoms with E-state index in [1.165, 1.54) is 52.1 Å². The number of aromatic nitrogens is 1. The lowest BCUT2D eigenvalue weighted by Gasteiger charge is -2.37. The highest BCUT2D eigenvalue weighted by atomic mass is 35.5. The molecule has 0 amide bonds. The van der Waals surface area contributed by atoms with Crippen LogP contribution in [0.2, 0.25) is 5.02 Å². The molecule has 2 atom stereocenters. The summed E-state index contributed by atoms with van der Waals surface area (Å²) in [4.78, 5) is 23.8. The number of carbonyl (C=O) groups is 1. The van der Waals surface area contributed by atoms with E-state index in [-0.39, 0.29) is 34.0 Å². The number of hydrogen-bond acceptors (Lipinski definition) is 6. The van der Waals surface area contributed by atoms with Crippen molar-refractivity contribution in [2.75, 3.05) is 6.61 Å². The first-order valence-corrected chi connectivity index (χ1v) is 11.1. The number of aliphatic hydroxyl groups is 1. The number of alkyl halides is 3. The van der Waals surface area contributed by atoms with Crippen LogP contribution in [-0.2, 0) is 22.2 Å². The highest BCUT2D eigenvalue weighted by Gasteiger charge is 2.59. The molecule has 3 aromatic rings. The van der Waals surface area contributed by atoms with Gasteiger partial charge in [-0.05, 0) is 56.2 Å². The van der Waals surface area contributed by atoms with Gasteiger partial charge in [0.05, 0.1) is 12.1 Å². The van der Waals surface area contributed by atoms with Crippen LogP contribution in [0.15, 0.2) is 45.6 Å². The van der Waals surface area contributed by atoms with Crippen molar-refractivity contribution in [3.8, 4) is 5.75 Å². The third-order valence-corrected chi connectivity index (χ3v) is 6.20. The molecule has 0 aliphatic carbocycles. The molecule has 0 fully saturated rings. The van der Waals surface area contributed by atoms with Crippen molar-refractivity contribution >= 4 is 28.7 Å². The molecule has 0 saturated heterocycles. The Morgan fingerprint density at radius 1 is 1.20 bits per heavy atom. The fraction of sp³-hybridized carbons (Fsp3) is 0.417. The third kappa shape index (κ3) is 4.77. The molecule has 3 rings (SSSR count). The second-order valence-corrected chi connectivity index (χ2v) is 9.02. The molecule has 0 aliphatic rings. The number of oxazole rings is 1. The van der Waals surface area contributed by atoms with E-state index in [1.54, 1.807) is 6.92 Å². The van der Waals surface area contributed by atoms with Gasteiger partial charge in [-0.25, -0.2) is 9.59 Å². The Labute approximate surface area is 204 Å². The lowest BCUT2D eigenvalue weighted by Crippen LogP contribution is -2.46. The van der Waals surface area contributed by atoms with E-state index >= 15 is 0 Å². The molecule has 7 nitrogen and oxygen atoms in total. The van der Waals surface area contributed by atoms with Gasteiger partial charge in [0.2, 0.25) is 0 Å². The highest BCUT2D eigenvalue weighted by Crippen LogP contribution is 2.50. The van der Waals surface area contributed by atoms with Gasteiger partial charge in [-0.2, -0.15) is 13.2 Å². The molecule has 2 aromatic carbocycles. The van der Waals surface area contributed by atoms with Crippen molar-refractivity contribution < 1.29 is 37.0 Å². The van der Waals surface area contributed by atoms with Gasteiger partial charge >= 0.3 is 17.9 Å². The molecule has 0 bridgehead atoms. The summed E-state index contributed by atoms with van der Waals surface area (Å²) in [5, 5.41) is 11.0. The van der Waals surface area contributed by atoms with Crippen LogP contribution in [0, 0.1) is 0 Å². The average molecular weight is 516 g/mol. The average Bonchev–Trinajstić information content (AvgIpc) is 3.05. The molecule has 0 saturated carbocycles. The van der Waals surface area contributed by atoms with Crippen LogP contribution in [0.25, 0.3) is 11.1 Å². The van der Waals surface area contributed by atoms with Crippen molar-refractivity contribution in [2.24, 2.45) is 7.05 Å². The minimum atomic E-state index is -5.10. The summed E-state index contributed by atoms with van der Waals surface area (Å²) in [5.74, 6) is -2.80. The lowest BCUT2D eigenvalue weighted by atomic mass is 9.77. The van der Waals surface area contributed by atoms with E-state index in [4.69, 9.17) is 25.5 Å². The normalized spacial score (nSPS) is 15.0. The van der Waals surface area contributed by atoms with Crippen molar-refractivity contribution in [1.82, 2.24) is 4.57 Å². The Morgan fingerprint density at radius 2 is 1.86 bits per heavy atom. The second-order valence-electron chi connectivity index (χ2n) is 8.61. The molecule has 1 aromatic heterocycles. The molecule has 0 unspecified atom stereocenters. The van der Waals surface area contributed by atoms with Gasteiger partial charge < -0.3 is 19.0 Å². The van der Waals surface area contributed by atoms with Crippen molar-refractivity contribution in [3.63, 3.8) is 0 Å². The maximum Gasteiger partial charge on any atom is 0.422 e. The largest absolute Gasteiger partial charge is 0.476 e. The van der Waals surface area contributed by atoms with E-state index in [0.29, 0.717) is 0 Å². The Balaban J connectivity index is 2.04. The van der Waals surface area contributed by atoms with Gasteiger partial charge in [0.1, 0.15) is 5.75 Å². The molecule has 1 N–H and O–H groups in total. The predicted molar refractivity (Wildman–Crippen MR) is 123 cm³/mol. The summed E-state index contributed by atoms with van der Waals surface area (Å²) < 4.78 is 59.7. The Kier molecular flexibility index (Phi) is 7.02. The zero-order valence-electron chi connectivity index (χ0n) is 19.7. The number of ether oxygens (including phenoxy) is 2. The van der Waals surface area contributed by atoms with Crippen LogP contribution in [0.4, 0.5) is 13.2 Å². The molecule has 1 heterocycles. The molecule has 0 aliphatic heterocycles. The second kappa shape index (κ2) is 9.23. The molecular weight excluding hydrogens is 491 g/mol. The fourth-order valence-corrected chi connectivity index (χ4v) is 4.15. The summed E-state index contributed by atoms with van der Waals surface area (Å²) in [6, 6.07) is 7.25. The monoisotopic (exact) mass is 515 g/mol. The minimum absolute atomic E-state index is 0.00559. The van der Waals surface area contributed by atoms with Crippen LogP contribution in [-0.4, -0.2) is 34.0 Å². The van der Waals surface area contributed by atoms with Crippen molar-refractivity contribution in [3.05, 3.63) is 63.1 Å². The Hall–Kier alpha value is -2.98. The summed E-state index contributed by atoms with van der Waals surface area (Å²) in [5.41, 5.74) is -5.03. The van der Waals surface area contributed by atoms with E-state index in [9.17, 15) is 27.9 Å². The van der Waals surface area contributed by atoms with Gasteiger partial charge in [-0.15, -0.1) is 0 Å². The van der Waals surface area contributed by atoms with Crippen LogP contribution >= 0.6 is 11.6 Å². The number of aryl methyl sites for hydroxylation is 1. The van der Waals surface area contributed by atoms with E-state index in [1.807, 2.05) is 0 Å². The maximum atomic E-state index is 14.4. The summed E-state index contributed by atoms with van der Waals surface area (Å²) in [7, 11) is 1.35. The van der Waals surface area contributed by atoms with E-state index in [2.05, 4.69) is 0 Å². The molecule has 0 radical (unpaired) electrons. The number of hydrogen-bond donors (Lipinski definition) is 1. The number of carbonyl (C=O) groups excluding carboxylic acids is 1. The van der Waals surface area contributed by atoms with E-state index in [0.717, 1.165) is 16.7 Å². The van der Waals surface area contributed by atoms with Gasteiger partial charge in [0, 0.05) is 18.0 Å². The lowest BCUT2D eigenvalue weighted by molar-refractivity contribution is -0.274. The summed E-state index contributed by atoms with van der Waals surface area (Å²) in [6.07, 6.45) is -5.10. The SMILES string of the molecule is CCOC(=O)C(C)(C)Oc1ccc([C@@H](C)[C@@](O)(c2ccc3oc(=O)n(C)c3c2)C(F)(F)F)c(Cl)c1. The van der Waals surface area contributed by atoms with Crippen LogP contribution < -0.4 is 10.5 Å². The number of halogens is 4. The zero-order chi connectivity index (χ0) is 26.3. The molecular formula is C24H25ClF3NO6. The molecule has 190 valence electrons. The first-order valence-electron chi connectivity index (χ1n) is 10.7. The molecule has 11 heteroatoms. The Bertz CT molecular complexity index is 1310. The van der Waals surface area contributed by atoms with Gasteiger partial charge in [0.15, 0.2) is 16.8 Å². The minimum Gasteiger partial charge on any atom is -0.476 e.